The molecule has 382 valence electrons. The summed E-state index contributed by atoms with van der Waals surface area (Å²) in [6.07, 6.45) is 12.3. The highest BCUT2D eigenvalue weighted by atomic mass is 35.5. The van der Waals surface area contributed by atoms with Crippen LogP contribution in [0.4, 0.5) is 0 Å². The molecule has 1 saturated heterocycles. The number of carbonyl (C=O) groups excluding carboxylic acids is 1. The topological polar surface area (TPSA) is 215 Å². The van der Waals surface area contributed by atoms with Crippen LogP contribution in [0, 0.1) is 16.7 Å². The highest BCUT2D eigenvalue weighted by molar-refractivity contribution is 6.35. The molecule has 3 atom stereocenters. The molecule has 20 heteroatoms. The third kappa shape index (κ3) is 15.4. The van der Waals surface area contributed by atoms with Crippen LogP contribution in [-0.2, 0) is 44.3 Å². The zero-order valence-electron chi connectivity index (χ0n) is 40.9. The first-order valence-electron chi connectivity index (χ1n) is 23.1. The lowest BCUT2D eigenvalue weighted by Crippen LogP contribution is -2.47. The summed E-state index contributed by atoms with van der Waals surface area (Å²) in [6, 6.07) is 30.1. The number of esters is 1. The summed E-state index contributed by atoms with van der Waals surface area (Å²) in [6.45, 7) is 9.27. The van der Waals surface area contributed by atoms with Crippen LogP contribution in [0.1, 0.15) is 69.2 Å². The van der Waals surface area contributed by atoms with Gasteiger partial charge in [-0.05, 0) is 78.8 Å². The van der Waals surface area contributed by atoms with Crippen LogP contribution in [0.15, 0.2) is 135 Å². The van der Waals surface area contributed by atoms with Crippen molar-refractivity contribution in [2.24, 2.45) is 5.41 Å². The number of ether oxygens (including phenoxy) is 5. The molecule has 7 aromatic rings. The molecule has 1 aliphatic heterocycles. The quantitative estimate of drug-likeness (QED) is 0.0641. The number of hydrogen-bond acceptors (Lipinski definition) is 15. The number of methoxy groups -OCH3 is 1. The Balaban J connectivity index is 0.000000183. The minimum atomic E-state index is -0.963. The van der Waals surface area contributed by atoms with E-state index in [1.54, 1.807) is 82.7 Å². The maximum atomic E-state index is 12.1. The van der Waals surface area contributed by atoms with E-state index >= 15 is 0 Å². The number of hydrogen-bond donors (Lipinski definition) is 2. The van der Waals surface area contributed by atoms with E-state index in [0.29, 0.717) is 58.8 Å². The number of para-hydroxylation sites is 2. The van der Waals surface area contributed by atoms with Crippen LogP contribution in [-0.4, -0.2) is 87.7 Å². The number of aliphatic hydroxyl groups excluding tert-OH is 1. The third-order valence-electron chi connectivity index (χ3n) is 11.6. The standard InChI is InChI=1S/C22H17N3O5.C16H22ClN3O.C15H17Cl2N3O2/c1-28-22(27)17(10-11-26)16-7-3-5-9-19(16)30-21-12-20(24-14-25-21)29-18-8-4-2-6-15(18)13-23;1-15(2,3)16(21,10-20-12-18-11-19-20)9-8-13-4-6-14(17)7-5-13;1-2-3-12-7-21-15(22-12,8-20-10-18-9-19-20)13-5-4-11(16)6-14(13)17/h2-10,12,14,26H,11H2,1H3;4-7,11-12,21H,8-10H2,1-3H3;4-6,9-10,12H,2-3,7-8H2,1H3/b17-10+;;. The molecule has 0 amide bonds. The molecule has 1 fully saturated rings. The summed E-state index contributed by atoms with van der Waals surface area (Å²) >= 11 is 18.3. The van der Waals surface area contributed by atoms with Crippen molar-refractivity contribution in [3.63, 3.8) is 0 Å². The molecule has 17 nitrogen and oxygen atoms in total. The van der Waals surface area contributed by atoms with Gasteiger partial charge in [0.15, 0.2) is 0 Å². The molecule has 0 spiro atoms. The normalized spacial score (nSPS) is 16.2. The van der Waals surface area contributed by atoms with Crippen molar-refractivity contribution in [2.75, 3.05) is 20.3 Å². The van der Waals surface area contributed by atoms with Crippen molar-refractivity contribution < 1.29 is 38.7 Å². The van der Waals surface area contributed by atoms with E-state index in [1.807, 2.05) is 57.2 Å². The van der Waals surface area contributed by atoms with E-state index < -0.39 is 17.4 Å². The molecule has 0 aliphatic carbocycles. The highest BCUT2D eigenvalue weighted by Gasteiger charge is 2.45. The van der Waals surface area contributed by atoms with Gasteiger partial charge in [0.2, 0.25) is 17.5 Å². The number of benzene rings is 4. The van der Waals surface area contributed by atoms with Crippen LogP contribution in [0.3, 0.4) is 0 Å². The fourth-order valence-electron chi connectivity index (χ4n) is 7.53. The second-order valence-corrected chi connectivity index (χ2v) is 18.9. The minimum Gasteiger partial charge on any atom is -0.465 e. The Morgan fingerprint density at radius 1 is 0.877 bits per heavy atom. The molecule has 0 bridgehead atoms. The number of aromatic nitrogens is 8. The second kappa shape index (κ2) is 26.3. The Hall–Kier alpha value is -6.75. The van der Waals surface area contributed by atoms with Gasteiger partial charge in [0.05, 0.1) is 60.8 Å². The molecular weight excluding hydrogens is 997 g/mol. The van der Waals surface area contributed by atoms with Crippen molar-refractivity contribution in [1.29, 1.82) is 5.26 Å². The number of rotatable bonds is 17. The van der Waals surface area contributed by atoms with Gasteiger partial charge in [0.1, 0.15) is 55.7 Å². The van der Waals surface area contributed by atoms with E-state index in [2.05, 4.69) is 37.1 Å². The van der Waals surface area contributed by atoms with Gasteiger partial charge in [0, 0.05) is 21.2 Å². The molecule has 0 radical (unpaired) electrons. The third-order valence-corrected chi connectivity index (χ3v) is 12.4. The van der Waals surface area contributed by atoms with Gasteiger partial charge < -0.3 is 33.9 Å². The lowest BCUT2D eigenvalue weighted by Gasteiger charge is -2.40. The summed E-state index contributed by atoms with van der Waals surface area (Å²) in [5.41, 5.74) is 1.75. The van der Waals surface area contributed by atoms with E-state index in [0.717, 1.165) is 29.8 Å². The number of carbonyl (C=O) groups is 1. The zero-order valence-corrected chi connectivity index (χ0v) is 43.2. The van der Waals surface area contributed by atoms with Crippen LogP contribution in [0.5, 0.6) is 23.3 Å². The van der Waals surface area contributed by atoms with Crippen LogP contribution in [0.2, 0.25) is 15.1 Å². The Morgan fingerprint density at radius 2 is 1.52 bits per heavy atom. The fourth-order valence-corrected chi connectivity index (χ4v) is 8.21. The van der Waals surface area contributed by atoms with Crippen LogP contribution >= 0.6 is 34.8 Å². The van der Waals surface area contributed by atoms with Gasteiger partial charge in [-0.3, -0.25) is 4.68 Å². The van der Waals surface area contributed by atoms with Crippen molar-refractivity contribution >= 4 is 46.3 Å². The Morgan fingerprint density at radius 3 is 2.14 bits per heavy atom. The Labute approximate surface area is 438 Å². The van der Waals surface area contributed by atoms with E-state index in [4.69, 9.17) is 58.5 Å². The highest BCUT2D eigenvalue weighted by Crippen LogP contribution is 2.41. The smallest absolute Gasteiger partial charge is 0.338 e. The molecule has 4 aromatic carbocycles. The first-order valence-corrected chi connectivity index (χ1v) is 24.3. The average molecular weight is 1050 g/mol. The summed E-state index contributed by atoms with van der Waals surface area (Å²) in [4.78, 5) is 28.1. The molecule has 1 aliphatic rings. The van der Waals surface area contributed by atoms with E-state index in [1.165, 1.54) is 43.8 Å². The molecule has 8 rings (SSSR count). The lowest BCUT2D eigenvalue weighted by molar-refractivity contribution is -0.189. The van der Waals surface area contributed by atoms with Gasteiger partial charge >= 0.3 is 5.97 Å². The molecule has 73 heavy (non-hydrogen) atoms. The van der Waals surface area contributed by atoms with Crippen molar-refractivity contribution in [2.45, 2.75) is 84.0 Å². The SMILES string of the molecule is CC(C)(C)C(O)(CCc1ccc(Cl)cc1)Cn1cncn1.CCCC1COC(Cn2cncn2)(c2ccc(Cl)cc2Cl)O1.COC(=O)/C(=C/CO)c1ccccc1Oc1cc(Oc2ccccc2C#N)ncn1. The Bertz CT molecular complexity index is 2930. The zero-order chi connectivity index (χ0) is 52.4. The summed E-state index contributed by atoms with van der Waals surface area (Å²) < 4.78 is 32.0. The predicted octanol–water partition coefficient (Wildman–Crippen LogP) is 10.5. The van der Waals surface area contributed by atoms with E-state index in [-0.39, 0.29) is 35.5 Å². The summed E-state index contributed by atoms with van der Waals surface area (Å²) in [5, 5.41) is 39.6. The van der Waals surface area contributed by atoms with Gasteiger partial charge in [0.25, 0.3) is 0 Å². The van der Waals surface area contributed by atoms with Gasteiger partial charge in [-0.25, -0.2) is 29.4 Å². The number of aryl methyl sites for hydroxylation is 1. The number of nitrogens with zero attached hydrogens (tertiary/aromatic N) is 9. The largest absolute Gasteiger partial charge is 0.465 e. The monoisotopic (exact) mass is 1050 g/mol. The maximum Gasteiger partial charge on any atom is 0.338 e. The number of nitriles is 1. The number of halogens is 3. The minimum absolute atomic E-state index is 0.0419. The van der Waals surface area contributed by atoms with Crippen molar-refractivity contribution in [3.05, 3.63) is 172 Å². The van der Waals surface area contributed by atoms with Gasteiger partial charge in [-0.15, -0.1) is 0 Å². The van der Waals surface area contributed by atoms with Gasteiger partial charge in [-0.2, -0.15) is 15.5 Å². The maximum absolute atomic E-state index is 12.1. The Kier molecular flexibility index (Phi) is 20.0. The summed E-state index contributed by atoms with van der Waals surface area (Å²) in [7, 11) is 1.25. The molecule has 3 unspecified atom stereocenters. The van der Waals surface area contributed by atoms with Crippen LogP contribution in [0.25, 0.3) is 5.57 Å². The summed E-state index contributed by atoms with van der Waals surface area (Å²) in [5.74, 6) is -0.558. The molecule has 2 N–H and O–H groups in total. The first-order chi connectivity index (χ1) is 35.1. The second-order valence-electron chi connectivity index (χ2n) is 17.6. The predicted molar refractivity (Wildman–Crippen MR) is 275 cm³/mol. The van der Waals surface area contributed by atoms with Crippen molar-refractivity contribution in [1.82, 2.24) is 39.5 Å². The fraction of sp³-hybridized carbons (Fsp3) is 0.321. The van der Waals surface area contributed by atoms with Crippen molar-refractivity contribution in [3.8, 4) is 29.3 Å². The molecule has 0 saturated carbocycles. The van der Waals surface area contributed by atoms with Gasteiger partial charge in [-0.1, -0.05) is 117 Å². The molecule has 3 aromatic heterocycles. The average Bonchev–Trinajstić information content (AvgIpc) is 4.18. The van der Waals surface area contributed by atoms with Crippen LogP contribution < -0.4 is 9.47 Å². The molecule has 4 heterocycles. The van der Waals surface area contributed by atoms with E-state index in [9.17, 15) is 20.3 Å². The number of aliphatic hydroxyl groups is 2. The molecular formula is C53H56Cl3N9O8. The lowest BCUT2D eigenvalue weighted by atomic mass is 9.73. The first kappa shape index (κ1) is 55.6.